The predicted molar refractivity (Wildman–Crippen MR) is 76.8 cm³/mol. The molecule has 0 aliphatic carbocycles. The second kappa shape index (κ2) is 13.1. The smallest absolute Gasteiger partial charge is 0.348 e. The first-order valence-electron chi connectivity index (χ1n) is 6.17. The molecule has 0 unspecified atom stereocenters. The predicted octanol–water partition coefficient (Wildman–Crippen LogP) is 3.00. The minimum Gasteiger partial charge on any atom is -0.478 e. The van der Waals surface area contributed by atoms with Crippen molar-refractivity contribution in [3.05, 3.63) is 36.5 Å². The summed E-state index contributed by atoms with van der Waals surface area (Å²) >= 11 is 0. The third kappa shape index (κ3) is 12.1. The number of allylic oxidation sites excluding steroid dienone is 1. The Labute approximate surface area is 119 Å². The lowest BCUT2D eigenvalue weighted by Crippen LogP contribution is -2.05. The number of unbranched alkanes of at least 4 members (excludes halogenated alkanes) is 2. The number of hydrogen-bond acceptors (Lipinski definition) is 4. The summed E-state index contributed by atoms with van der Waals surface area (Å²) in [7, 11) is 0. The van der Waals surface area contributed by atoms with E-state index in [1.807, 2.05) is 0 Å². The van der Waals surface area contributed by atoms with Gasteiger partial charge in [0.25, 0.3) is 0 Å². The van der Waals surface area contributed by atoms with Gasteiger partial charge in [0.15, 0.2) is 0 Å². The van der Waals surface area contributed by atoms with Gasteiger partial charge in [-0.15, -0.1) is 0 Å². The van der Waals surface area contributed by atoms with E-state index in [0.29, 0.717) is 5.57 Å². The molecule has 110 valence electrons. The summed E-state index contributed by atoms with van der Waals surface area (Å²) in [5.74, 6) is -1.50. The molecule has 0 atom stereocenters. The lowest BCUT2D eigenvalue weighted by Gasteiger charge is -1.95. The molecular formula is C15H21NO4. The number of carboxylic acid groups (broad SMARTS) is 1. The molecule has 0 aromatic heterocycles. The van der Waals surface area contributed by atoms with Crippen LogP contribution in [0.15, 0.2) is 36.5 Å². The van der Waals surface area contributed by atoms with Crippen molar-refractivity contribution in [3.63, 3.8) is 0 Å². The fraction of sp³-hybridized carbons (Fsp3) is 0.400. The monoisotopic (exact) mass is 279 g/mol. The second-order valence-corrected chi connectivity index (χ2v) is 3.81. The second-order valence-electron chi connectivity index (χ2n) is 3.81. The Bertz CT molecular complexity index is 416. The summed E-state index contributed by atoms with van der Waals surface area (Å²) in [6, 6.07) is 1.57. The van der Waals surface area contributed by atoms with Crippen molar-refractivity contribution >= 4 is 11.9 Å². The largest absolute Gasteiger partial charge is 0.478 e. The third-order valence-corrected chi connectivity index (χ3v) is 2.06. The zero-order valence-electron chi connectivity index (χ0n) is 12.0. The highest BCUT2D eigenvalue weighted by molar-refractivity contribution is 5.91. The van der Waals surface area contributed by atoms with Crippen LogP contribution < -0.4 is 0 Å². The number of carbonyl (C=O) groups excluding carboxylic acids is 1. The molecule has 0 rings (SSSR count). The van der Waals surface area contributed by atoms with Gasteiger partial charge in [-0.1, -0.05) is 45.1 Å². The van der Waals surface area contributed by atoms with Crippen molar-refractivity contribution in [2.45, 2.75) is 33.1 Å². The molecule has 0 aliphatic rings. The Kier molecular flexibility index (Phi) is 13.1. The molecule has 20 heavy (non-hydrogen) atoms. The minimum atomic E-state index is -0.809. The van der Waals surface area contributed by atoms with Crippen LogP contribution in [0.3, 0.4) is 0 Å². The van der Waals surface area contributed by atoms with Crippen LogP contribution in [-0.2, 0) is 14.3 Å². The van der Waals surface area contributed by atoms with E-state index >= 15 is 0 Å². The molecule has 0 fully saturated rings. The summed E-state index contributed by atoms with van der Waals surface area (Å²) in [5, 5.41) is 16.5. The number of nitrogens with zero attached hydrogens (tertiary/aromatic N) is 1. The van der Waals surface area contributed by atoms with E-state index in [9.17, 15) is 9.59 Å². The number of carboxylic acids is 1. The molecule has 0 saturated heterocycles. The molecule has 0 aromatic carbocycles. The van der Waals surface area contributed by atoms with Crippen LogP contribution in [0, 0.1) is 11.3 Å². The van der Waals surface area contributed by atoms with Crippen LogP contribution in [0.2, 0.25) is 0 Å². The molecular weight excluding hydrogens is 258 g/mol. The molecule has 0 spiro atoms. The third-order valence-electron chi connectivity index (χ3n) is 2.06. The number of rotatable bonds is 7. The topological polar surface area (TPSA) is 87.4 Å². The van der Waals surface area contributed by atoms with Crippen molar-refractivity contribution in [3.8, 4) is 6.07 Å². The maximum atomic E-state index is 10.5. The highest BCUT2D eigenvalue weighted by Gasteiger charge is 2.04. The van der Waals surface area contributed by atoms with Gasteiger partial charge in [-0.3, -0.25) is 0 Å². The SMILES string of the molecule is C=CCOC(=O)C(=C)C#N.CCCCC=C(C)C(=O)O. The minimum absolute atomic E-state index is 0.111. The zero-order chi connectivity index (χ0) is 16.0. The number of esters is 1. The number of carbonyl (C=O) groups is 2. The number of ether oxygens (including phenoxy) is 1. The van der Waals surface area contributed by atoms with Gasteiger partial charge in [-0.2, -0.15) is 5.26 Å². The lowest BCUT2D eigenvalue weighted by atomic mass is 10.2. The molecule has 0 heterocycles. The van der Waals surface area contributed by atoms with Gasteiger partial charge in [-0.05, 0) is 13.3 Å². The average Bonchev–Trinajstić information content (AvgIpc) is 2.44. The Balaban J connectivity index is 0. The Morgan fingerprint density at radius 2 is 2.05 bits per heavy atom. The fourth-order valence-corrected chi connectivity index (χ4v) is 0.877. The summed E-state index contributed by atoms with van der Waals surface area (Å²) in [6.45, 7) is 10.3. The molecule has 1 N–H and O–H groups in total. The Morgan fingerprint density at radius 3 is 2.45 bits per heavy atom. The van der Waals surface area contributed by atoms with E-state index in [1.54, 1.807) is 19.1 Å². The van der Waals surface area contributed by atoms with Gasteiger partial charge < -0.3 is 9.84 Å². The van der Waals surface area contributed by atoms with Crippen LogP contribution in [0.1, 0.15) is 33.1 Å². The zero-order valence-corrected chi connectivity index (χ0v) is 12.0. The van der Waals surface area contributed by atoms with Crippen LogP contribution in [0.5, 0.6) is 0 Å². The number of hydrogen-bond donors (Lipinski definition) is 1. The van der Waals surface area contributed by atoms with Gasteiger partial charge in [0.05, 0.1) is 0 Å². The fourth-order valence-electron chi connectivity index (χ4n) is 0.877. The molecule has 0 aliphatic heterocycles. The maximum Gasteiger partial charge on any atom is 0.348 e. The Hall–Kier alpha value is -2.35. The number of aliphatic carboxylic acids is 1. The first-order chi connectivity index (χ1) is 9.40. The van der Waals surface area contributed by atoms with Gasteiger partial charge in [0.2, 0.25) is 0 Å². The normalized spacial score (nSPS) is 9.55. The quantitative estimate of drug-likeness (QED) is 0.254. The van der Waals surface area contributed by atoms with Crippen LogP contribution >= 0.6 is 0 Å². The van der Waals surface area contributed by atoms with Gasteiger partial charge >= 0.3 is 11.9 Å². The summed E-state index contributed by atoms with van der Waals surface area (Å²) in [6.07, 6.45) is 6.26. The summed E-state index contributed by atoms with van der Waals surface area (Å²) < 4.78 is 4.46. The average molecular weight is 279 g/mol. The Morgan fingerprint density at radius 1 is 1.45 bits per heavy atom. The van der Waals surface area contributed by atoms with E-state index in [1.165, 1.54) is 6.08 Å². The summed E-state index contributed by atoms with van der Waals surface area (Å²) in [5.41, 5.74) is 0.260. The molecule has 0 amide bonds. The molecule has 0 radical (unpaired) electrons. The van der Waals surface area contributed by atoms with Crippen molar-refractivity contribution < 1.29 is 19.4 Å². The molecule has 0 aromatic rings. The molecule has 0 bridgehead atoms. The van der Waals surface area contributed by atoms with Crippen molar-refractivity contribution in [1.29, 1.82) is 5.26 Å². The standard InChI is InChI=1S/C8H14O2.C7H7NO2/c1-3-4-5-6-7(2)8(9)10;1-3-4-10-7(9)6(2)5-8/h6H,3-5H2,1-2H3,(H,9,10);3H,1-2,4H2. The van der Waals surface area contributed by atoms with E-state index in [2.05, 4.69) is 24.8 Å². The highest BCUT2D eigenvalue weighted by atomic mass is 16.5. The first kappa shape index (κ1) is 20.0. The van der Waals surface area contributed by atoms with E-state index in [-0.39, 0.29) is 12.2 Å². The van der Waals surface area contributed by atoms with Gasteiger partial charge in [-0.25, -0.2) is 9.59 Å². The van der Waals surface area contributed by atoms with Crippen molar-refractivity contribution in [1.82, 2.24) is 0 Å². The van der Waals surface area contributed by atoms with Gasteiger partial charge in [0, 0.05) is 5.57 Å². The van der Waals surface area contributed by atoms with Crippen LogP contribution in [0.25, 0.3) is 0 Å². The van der Waals surface area contributed by atoms with Crippen LogP contribution in [0.4, 0.5) is 0 Å². The van der Waals surface area contributed by atoms with E-state index in [4.69, 9.17) is 10.4 Å². The lowest BCUT2D eigenvalue weighted by molar-refractivity contribution is -0.137. The first-order valence-corrected chi connectivity index (χ1v) is 6.17. The van der Waals surface area contributed by atoms with Gasteiger partial charge in [0.1, 0.15) is 18.2 Å². The van der Waals surface area contributed by atoms with Crippen molar-refractivity contribution in [2.75, 3.05) is 6.61 Å². The van der Waals surface area contributed by atoms with Crippen LogP contribution in [-0.4, -0.2) is 23.7 Å². The van der Waals surface area contributed by atoms with E-state index < -0.39 is 11.9 Å². The molecule has 5 heteroatoms. The highest BCUT2D eigenvalue weighted by Crippen LogP contribution is 2.00. The van der Waals surface area contributed by atoms with Crippen molar-refractivity contribution in [2.24, 2.45) is 0 Å². The number of nitriles is 1. The maximum absolute atomic E-state index is 10.5. The molecule has 5 nitrogen and oxygen atoms in total. The molecule has 0 saturated carbocycles. The summed E-state index contributed by atoms with van der Waals surface area (Å²) in [4.78, 5) is 20.8. The van der Waals surface area contributed by atoms with E-state index in [0.717, 1.165) is 19.3 Å².